The molecular weight excluding hydrogens is 174 g/mol. The molecule has 2 nitrogen and oxygen atoms in total. The van der Waals surface area contributed by atoms with Crippen molar-refractivity contribution in [2.24, 2.45) is 5.92 Å². The number of nitrogens with zero attached hydrogens (tertiary/aromatic N) is 1. The number of ether oxygens (including phenoxy) is 1. The molecule has 0 bridgehead atoms. The molecule has 0 aliphatic rings. The van der Waals surface area contributed by atoms with E-state index in [0.717, 1.165) is 5.56 Å². The van der Waals surface area contributed by atoms with Gasteiger partial charge in [0.05, 0.1) is 24.7 Å². The van der Waals surface area contributed by atoms with Crippen LogP contribution in [0, 0.1) is 17.2 Å². The largest absolute Gasteiger partial charge is 0.372 e. The van der Waals surface area contributed by atoms with E-state index in [1.165, 1.54) is 0 Å². The van der Waals surface area contributed by atoms with Gasteiger partial charge in [-0.15, -0.1) is 0 Å². The van der Waals surface area contributed by atoms with E-state index in [2.05, 4.69) is 6.07 Å². The standard InChI is InChI=1S/C12H15NO/c1-10(8-13)9-14-11(2)12-6-4-3-5-7-12/h3-7,10-11H,9H2,1-2H3. The second kappa shape index (κ2) is 5.41. The maximum atomic E-state index is 8.59. The summed E-state index contributed by atoms with van der Waals surface area (Å²) < 4.78 is 5.56. The first kappa shape index (κ1) is 10.7. The average molecular weight is 189 g/mol. The Bertz CT molecular complexity index is 302. The smallest absolute Gasteiger partial charge is 0.0797 e. The van der Waals surface area contributed by atoms with Gasteiger partial charge in [0.15, 0.2) is 0 Å². The first-order valence-corrected chi connectivity index (χ1v) is 4.80. The van der Waals surface area contributed by atoms with Crippen molar-refractivity contribution in [3.05, 3.63) is 35.9 Å². The Labute approximate surface area is 85.1 Å². The van der Waals surface area contributed by atoms with Crippen LogP contribution < -0.4 is 0 Å². The number of rotatable bonds is 4. The Morgan fingerprint density at radius 3 is 2.50 bits per heavy atom. The summed E-state index contributed by atoms with van der Waals surface area (Å²) in [6.45, 7) is 4.35. The molecule has 0 aliphatic heterocycles. The summed E-state index contributed by atoms with van der Waals surface area (Å²) in [4.78, 5) is 0. The topological polar surface area (TPSA) is 33.0 Å². The molecule has 2 atom stereocenters. The van der Waals surface area contributed by atoms with E-state index in [4.69, 9.17) is 10.00 Å². The van der Waals surface area contributed by atoms with Gasteiger partial charge < -0.3 is 4.74 Å². The fourth-order valence-electron chi connectivity index (χ4n) is 1.15. The Morgan fingerprint density at radius 1 is 1.29 bits per heavy atom. The van der Waals surface area contributed by atoms with Crippen LogP contribution in [-0.4, -0.2) is 6.61 Å². The summed E-state index contributed by atoms with van der Waals surface area (Å²) in [5, 5.41) is 8.59. The van der Waals surface area contributed by atoms with Gasteiger partial charge in [-0.25, -0.2) is 0 Å². The molecule has 0 heterocycles. The molecule has 0 saturated carbocycles. The molecule has 74 valence electrons. The van der Waals surface area contributed by atoms with Gasteiger partial charge in [0.1, 0.15) is 0 Å². The SMILES string of the molecule is CC(C#N)COC(C)c1ccccc1. The first-order chi connectivity index (χ1) is 6.74. The van der Waals surface area contributed by atoms with Crippen molar-refractivity contribution in [3.63, 3.8) is 0 Å². The normalized spacial score (nSPS) is 14.4. The fraction of sp³-hybridized carbons (Fsp3) is 0.417. The molecule has 0 radical (unpaired) electrons. The van der Waals surface area contributed by atoms with E-state index in [-0.39, 0.29) is 12.0 Å². The predicted molar refractivity (Wildman–Crippen MR) is 55.6 cm³/mol. The lowest BCUT2D eigenvalue weighted by Gasteiger charge is -2.13. The molecule has 0 amide bonds. The van der Waals surface area contributed by atoms with Gasteiger partial charge in [0.25, 0.3) is 0 Å². The van der Waals surface area contributed by atoms with Crippen molar-refractivity contribution < 1.29 is 4.74 Å². The van der Waals surface area contributed by atoms with Crippen LogP contribution in [0.25, 0.3) is 0 Å². The lowest BCUT2D eigenvalue weighted by atomic mass is 10.1. The van der Waals surface area contributed by atoms with Crippen LogP contribution in [0.2, 0.25) is 0 Å². The molecule has 0 saturated heterocycles. The summed E-state index contributed by atoms with van der Waals surface area (Å²) in [5.41, 5.74) is 1.15. The highest BCUT2D eigenvalue weighted by Crippen LogP contribution is 2.16. The molecule has 0 N–H and O–H groups in total. The van der Waals surface area contributed by atoms with Gasteiger partial charge >= 0.3 is 0 Å². The molecule has 0 aromatic heterocycles. The maximum absolute atomic E-state index is 8.59. The van der Waals surface area contributed by atoms with Crippen molar-refractivity contribution >= 4 is 0 Å². The minimum absolute atomic E-state index is 0.0406. The number of benzene rings is 1. The summed E-state index contributed by atoms with van der Waals surface area (Å²) in [7, 11) is 0. The maximum Gasteiger partial charge on any atom is 0.0797 e. The molecule has 1 aromatic rings. The molecule has 2 heteroatoms. The van der Waals surface area contributed by atoms with Gasteiger partial charge in [-0.05, 0) is 19.4 Å². The quantitative estimate of drug-likeness (QED) is 0.729. The second-order valence-corrected chi connectivity index (χ2v) is 3.42. The van der Waals surface area contributed by atoms with E-state index in [1.807, 2.05) is 44.2 Å². The van der Waals surface area contributed by atoms with Gasteiger partial charge in [0.2, 0.25) is 0 Å². The Kier molecular flexibility index (Phi) is 4.15. The number of nitriles is 1. The zero-order chi connectivity index (χ0) is 10.4. The summed E-state index contributed by atoms with van der Waals surface area (Å²) in [6.07, 6.45) is 0.0620. The fourth-order valence-corrected chi connectivity index (χ4v) is 1.15. The molecule has 0 aliphatic carbocycles. The number of hydrogen-bond donors (Lipinski definition) is 0. The minimum atomic E-state index is -0.0406. The molecule has 1 aromatic carbocycles. The molecule has 14 heavy (non-hydrogen) atoms. The summed E-state index contributed by atoms with van der Waals surface area (Å²) in [6, 6.07) is 12.2. The highest BCUT2D eigenvalue weighted by molar-refractivity contribution is 5.16. The van der Waals surface area contributed by atoms with Gasteiger partial charge in [-0.3, -0.25) is 0 Å². The van der Waals surface area contributed by atoms with Crippen LogP contribution in [-0.2, 0) is 4.74 Å². The van der Waals surface area contributed by atoms with Crippen molar-refractivity contribution in [1.82, 2.24) is 0 Å². The van der Waals surface area contributed by atoms with Crippen molar-refractivity contribution in [1.29, 1.82) is 5.26 Å². The lowest BCUT2D eigenvalue weighted by molar-refractivity contribution is 0.0535. The Balaban J connectivity index is 2.44. The van der Waals surface area contributed by atoms with Crippen LogP contribution >= 0.6 is 0 Å². The van der Waals surface area contributed by atoms with E-state index in [1.54, 1.807) is 0 Å². The summed E-state index contributed by atoms with van der Waals surface area (Å²) in [5.74, 6) is -0.0406. The molecular formula is C12H15NO. The van der Waals surface area contributed by atoms with E-state index in [0.29, 0.717) is 6.61 Å². The molecule has 0 spiro atoms. The number of hydrogen-bond acceptors (Lipinski definition) is 2. The monoisotopic (exact) mass is 189 g/mol. The molecule has 0 fully saturated rings. The van der Waals surface area contributed by atoms with Gasteiger partial charge in [-0.1, -0.05) is 30.3 Å². The minimum Gasteiger partial charge on any atom is -0.372 e. The predicted octanol–water partition coefficient (Wildman–Crippen LogP) is 2.92. The molecule has 1 rings (SSSR count). The van der Waals surface area contributed by atoms with Crippen LogP contribution in [0.4, 0.5) is 0 Å². The third kappa shape index (κ3) is 3.20. The van der Waals surface area contributed by atoms with E-state index >= 15 is 0 Å². The highest BCUT2D eigenvalue weighted by atomic mass is 16.5. The van der Waals surface area contributed by atoms with Crippen LogP contribution in [0.5, 0.6) is 0 Å². The van der Waals surface area contributed by atoms with Crippen molar-refractivity contribution in [3.8, 4) is 6.07 Å². The van der Waals surface area contributed by atoms with E-state index in [9.17, 15) is 0 Å². The Morgan fingerprint density at radius 2 is 1.93 bits per heavy atom. The van der Waals surface area contributed by atoms with Crippen LogP contribution in [0.15, 0.2) is 30.3 Å². The van der Waals surface area contributed by atoms with Crippen molar-refractivity contribution in [2.45, 2.75) is 20.0 Å². The van der Waals surface area contributed by atoms with Gasteiger partial charge in [-0.2, -0.15) is 5.26 Å². The summed E-state index contributed by atoms with van der Waals surface area (Å²) >= 11 is 0. The van der Waals surface area contributed by atoms with Crippen molar-refractivity contribution in [2.75, 3.05) is 6.61 Å². The van der Waals surface area contributed by atoms with E-state index < -0.39 is 0 Å². The van der Waals surface area contributed by atoms with Crippen LogP contribution in [0.1, 0.15) is 25.5 Å². The zero-order valence-electron chi connectivity index (χ0n) is 8.60. The van der Waals surface area contributed by atoms with Gasteiger partial charge in [0, 0.05) is 0 Å². The third-order valence-electron chi connectivity index (χ3n) is 2.09. The third-order valence-corrected chi connectivity index (χ3v) is 2.09. The first-order valence-electron chi connectivity index (χ1n) is 4.80. The van der Waals surface area contributed by atoms with Crippen LogP contribution in [0.3, 0.4) is 0 Å². The Hall–Kier alpha value is -1.33. The molecule has 2 unspecified atom stereocenters. The highest BCUT2D eigenvalue weighted by Gasteiger charge is 2.07. The average Bonchev–Trinajstić information content (AvgIpc) is 2.26. The lowest BCUT2D eigenvalue weighted by Crippen LogP contribution is -2.07. The zero-order valence-corrected chi connectivity index (χ0v) is 8.60. The second-order valence-electron chi connectivity index (χ2n) is 3.42.